The van der Waals surface area contributed by atoms with Crippen LogP contribution < -0.4 is 0 Å². The highest BCUT2D eigenvalue weighted by Crippen LogP contribution is 2.05. The van der Waals surface area contributed by atoms with Crippen LogP contribution in [-0.2, 0) is 4.43 Å². The summed E-state index contributed by atoms with van der Waals surface area (Å²) in [4.78, 5) is 0. The van der Waals surface area contributed by atoms with E-state index in [4.69, 9.17) is 4.43 Å². The second-order valence-corrected chi connectivity index (χ2v) is 4.51. The molecule has 0 atom stereocenters. The fourth-order valence-electron chi connectivity index (χ4n) is 1.07. The molecule has 0 amide bonds. The first-order valence-electron chi connectivity index (χ1n) is 3.75. The van der Waals surface area contributed by atoms with Crippen LogP contribution in [0.4, 0.5) is 0 Å². The molecule has 0 saturated carbocycles. The molecule has 0 aromatic rings. The highest BCUT2D eigenvalue weighted by atomic mass is 28.3. The lowest BCUT2D eigenvalue weighted by atomic mass is 10.4. The van der Waals surface area contributed by atoms with Crippen molar-refractivity contribution in [2.75, 3.05) is 6.61 Å². The minimum absolute atomic E-state index is 0.424. The van der Waals surface area contributed by atoms with E-state index >= 15 is 0 Å². The minimum Gasteiger partial charge on any atom is -0.551 e. The quantitative estimate of drug-likeness (QED) is 0.505. The van der Waals surface area contributed by atoms with Gasteiger partial charge in [-0.15, -0.1) is 0 Å². The van der Waals surface area contributed by atoms with E-state index in [1.807, 2.05) is 0 Å². The van der Waals surface area contributed by atoms with Crippen LogP contribution in [0.1, 0.15) is 26.2 Å². The van der Waals surface area contributed by atoms with Crippen molar-refractivity contribution in [2.24, 2.45) is 0 Å². The van der Waals surface area contributed by atoms with Crippen molar-refractivity contribution in [3.05, 3.63) is 0 Å². The molecule has 1 saturated heterocycles. The summed E-state index contributed by atoms with van der Waals surface area (Å²) in [5.74, 6) is 0. The summed E-state index contributed by atoms with van der Waals surface area (Å²) in [5.41, 5.74) is 2.36. The van der Waals surface area contributed by atoms with E-state index < -0.39 is 8.65 Å². The standard InChI is InChI=1S/C7H14OSi/c1-2-6-9-7-4-3-5-8-9/h6H,2-5,7H2,1H3. The monoisotopic (exact) mass is 142 g/mol. The molecular weight excluding hydrogens is 128 g/mol. The molecule has 1 rings (SSSR count). The molecule has 0 radical (unpaired) electrons. The van der Waals surface area contributed by atoms with E-state index in [-0.39, 0.29) is 0 Å². The van der Waals surface area contributed by atoms with E-state index in [0.29, 0.717) is 0 Å². The topological polar surface area (TPSA) is 9.23 Å². The molecule has 0 aromatic carbocycles. The van der Waals surface area contributed by atoms with E-state index in [0.717, 1.165) is 6.61 Å². The molecule has 2 heteroatoms. The van der Waals surface area contributed by atoms with Gasteiger partial charge in [0.15, 0.2) is 0 Å². The Morgan fingerprint density at radius 1 is 1.56 bits per heavy atom. The van der Waals surface area contributed by atoms with E-state index in [2.05, 4.69) is 12.6 Å². The van der Waals surface area contributed by atoms with Gasteiger partial charge in [0.1, 0.15) is 0 Å². The molecule has 1 heterocycles. The van der Waals surface area contributed by atoms with Crippen LogP contribution in [0, 0.1) is 0 Å². The average Bonchev–Trinajstić information content (AvgIpc) is 1.91. The summed E-state index contributed by atoms with van der Waals surface area (Å²) in [7, 11) is -0.424. The van der Waals surface area contributed by atoms with Crippen molar-refractivity contribution in [2.45, 2.75) is 32.2 Å². The maximum absolute atomic E-state index is 5.56. The lowest BCUT2D eigenvalue weighted by molar-refractivity contribution is 0.300. The number of rotatable bonds is 1. The van der Waals surface area contributed by atoms with Gasteiger partial charge in [-0.1, -0.05) is 12.6 Å². The van der Waals surface area contributed by atoms with Gasteiger partial charge in [-0.25, -0.2) is 0 Å². The molecule has 9 heavy (non-hydrogen) atoms. The molecule has 52 valence electrons. The Bertz CT molecular complexity index is 101. The summed E-state index contributed by atoms with van der Waals surface area (Å²) < 4.78 is 5.56. The Labute approximate surface area is 58.4 Å². The Morgan fingerprint density at radius 2 is 2.44 bits per heavy atom. The molecule has 1 fully saturated rings. The fraction of sp³-hybridized carbons (Fsp3) is 0.857. The molecule has 1 nitrogen and oxygen atoms in total. The zero-order chi connectivity index (χ0) is 6.53. The third-order valence-corrected chi connectivity index (χ3v) is 3.82. The normalized spacial score (nSPS) is 23.9. The Balaban J connectivity index is 2.30. The van der Waals surface area contributed by atoms with Crippen molar-refractivity contribution in [1.82, 2.24) is 0 Å². The third-order valence-electron chi connectivity index (χ3n) is 1.54. The van der Waals surface area contributed by atoms with Gasteiger partial charge in [0.2, 0.25) is 8.65 Å². The maximum atomic E-state index is 5.56. The van der Waals surface area contributed by atoms with Crippen LogP contribution in [0.3, 0.4) is 0 Å². The minimum atomic E-state index is -0.424. The van der Waals surface area contributed by atoms with Gasteiger partial charge >= 0.3 is 0 Å². The van der Waals surface area contributed by atoms with Crippen LogP contribution in [0.25, 0.3) is 0 Å². The zero-order valence-electron chi connectivity index (χ0n) is 6.02. The first kappa shape index (κ1) is 7.00. The van der Waals surface area contributed by atoms with Gasteiger partial charge in [0, 0.05) is 0 Å². The Morgan fingerprint density at radius 3 is 3.00 bits per heavy atom. The van der Waals surface area contributed by atoms with E-state index in [1.165, 1.54) is 25.3 Å². The first-order valence-corrected chi connectivity index (χ1v) is 5.44. The third kappa shape index (κ3) is 2.31. The maximum Gasteiger partial charge on any atom is 0.227 e. The molecule has 0 spiro atoms. The number of hydrogen-bond acceptors (Lipinski definition) is 1. The van der Waals surface area contributed by atoms with Crippen LogP contribution in [0.2, 0.25) is 6.04 Å². The van der Waals surface area contributed by atoms with Crippen LogP contribution in [0.15, 0.2) is 0 Å². The van der Waals surface area contributed by atoms with Crippen molar-refractivity contribution < 1.29 is 4.43 Å². The van der Waals surface area contributed by atoms with Gasteiger partial charge in [-0.2, -0.15) is 0 Å². The van der Waals surface area contributed by atoms with Crippen LogP contribution in [0.5, 0.6) is 0 Å². The van der Waals surface area contributed by atoms with Crippen molar-refractivity contribution in [3.63, 3.8) is 0 Å². The summed E-state index contributed by atoms with van der Waals surface area (Å²) in [6, 6.07) is 1.35. The lowest BCUT2D eigenvalue weighted by Gasteiger charge is -2.14. The zero-order valence-corrected chi connectivity index (χ0v) is 7.02. The SMILES string of the molecule is CCC=[Si]1CCCCO1. The van der Waals surface area contributed by atoms with Crippen molar-refractivity contribution in [3.8, 4) is 0 Å². The molecule has 0 unspecified atom stereocenters. The molecule has 0 N–H and O–H groups in total. The Kier molecular flexibility index (Phi) is 2.98. The average molecular weight is 142 g/mol. The van der Waals surface area contributed by atoms with Crippen molar-refractivity contribution >= 4 is 14.3 Å². The van der Waals surface area contributed by atoms with Crippen molar-refractivity contribution in [1.29, 1.82) is 0 Å². The van der Waals surface area contributed by atoms with Crippen LogP contribution in [-0.4, -0.2) is 20.9 Å². The summed E-state index contributed by atoms with van der Waals surface area (Å²) in [6.07, 6.45) is 3.87. The van der Waals surface area contributed by atoms with Gasteiger partial charge in [-0.05, 0) is 25.3 Å². The highest BCUT2D eigenvalue weighted by Gasteiger charge is 2.05. The second-order valence-electron chi connectivity index (χ2n) is 2.38. The first-order chi connectivity index (χ1) is 4.43. The lowest BCUT2D eigenvalue weighted by Crippen LogP contribution is -2.16. The molecule has 0 aromatic heterocycles. The molecule has 0 aliphatic carbocycles. The van der Waals surface area contributed by atoms with Gasteiger partial charge in [0.05, 0.1) is 6.61 Å². The summed E-state index contributed by atoms with van der Waals surface area (Å²) >= 11 is 0. The molecule has 1 aliphatic heterocycles. The highest BCUT2D eigenvalue weighted by molar-refractivity contribution is 6.60. The molecule has 0 bridgehead atoms. The van der Waals surface area contributed by atoms with Crippen LogP contribution >= 0.6 is 0 Å². The van der Waals surface area contributed by atoms with Gasteiger partial charge in [-0.3, -0.25) is 0 Å². The predicted molar refractivity (Wildman–Crippen MR) is 42.1 cm³/mol. The van der Waals surface area contributed by atoms with E-state index in [9.17, 15) is 0 Å². The number of hydrogen-bond donors (Lipinski definition) is 0. The predicted octanol–water partition coefficient (Wildman–Crippen LogP) is 1.58. The fourth-order valence-corrected chi connectivity index (χ4v) is 2.99. The second kappa shape index (κ2) is 3.83. The summed E-state index contributed by atoms with van der Waals surface area (Å²) in [6.45, 7) is 3.21. The molecule has 1 aliphatic rings. The smallest absolute Gasteiger partial charge is 0.227 e. The summed E-state index contributed by atoms with van der Waals surface area (Å²) in [5, 5.41) is 0. The van der Waals surface area contributed by atoms with Gasteiger partial charge in [0.25, 0.3) is 0 Å². The molecular formula is C7H14OSi. The largest absolute Gasteiger partial charge is 0.551 e. The Hall–Kier alpha value is -0.113. The van der Waals surface area contributed by atoms with E-state index in [1.54, 1.807) is 0 Å². The van der Waals surface area contributed by atoms with Gasteiger partial charge < -0.3 is 4.43 Å².